The van der Waals surface area contributed by atoms with Crippen LogP contribution in [0.1, 0.15) is 10.5 Å². The van der Waals surface area contributed by atoms with Gasteiger partial charge in [0.05, 0.1) is 26.5 Å². The molecule has 0 radical (unpaired) electrons. The molecule has 2 rings (SSSR count). The Morgan fingerprint density at radius 2 is 2.33 bits per heavy atom. The molecule has 0 atom stereocenters. The molecule has 0 saturated carbocycles. The van der Waals surface area contributed by atoms with Gasteiger partial charge >= 0.3 is 5.97 Å². The average Bonchev–Trinajstić information content (AvgIpc) is 2.95. The molecule has 2 heterocycles. The molecule has 0 saturated heterocycles. The normalized spacial score (nSPS) is 10.6. The first kappa shape index (κ1) is 12.2. The van der Waals surface area contributed by atoms with Crippen LogP contribution in [-0.4, -0.2) is 49.6 Å². The average molecular weight is 251 g/mol. The summed E-state index contributed by atoms with van der Waals surface area (Å²) in [5.74, 6) is -0.571. The minimum atomic E-state index is -0.571. The van der Waals surface area contributed by atoms with Crippen LogP contribution in [0.4, 0.5) is 0 Å². The van der Waals surface area contributed by atoms with Crippen molar-refractivity contribution in [2.24, 2.45) is 7.05 Å². The third-order valence-electron chi connectivity index (χ3n) is 2.40. The van der Waals surface area contributed by atoms with Gasteiger partial charge < -0.3 is 9.84 Å². The SMILES string of the molecule is COC(=O)c1nnn(CCO)c1-c1cnn(C)c1. The van der Waals surface area contributed by atoms with E-state index in [1.54, 1.807) is 24.1 Å². The number of aliphatic hydroxyl groups is 1. The van der Waals surface area contributed by atoms with Crippen molar-refractivity contribution in [3.63, 3.8) is 0 Å². The van der Waals surface area contributed by atoms with Crippen LogP contribution < -0.4 is 0 Å². The van der Waals surface area contributed by atoms with E-state index in [-0.39, 0.29) is 18.8 Å². The second kappa shape index (κ2) is 4.96. The van der Waals surface area contributed by atoms with Gasteiger partial charge in [-0.15, -0.1) is 5.10 Å². The number of aryl methyl sites for hydroxylation is 1. The summed E-state index contributed by atoms with van der Waals surface area (Å²) in [6.45, 7) is 0.144. The van der Waals surface area contributed by atoms with Gasteiger partial charge in [-0.05, 0) is 0 Å². The number of aliphatic hydroxyl groups excluding tert-OH is 1. The van der Waals surface area contributed by atoms with Gasteiger partial charge in [0.15, 0.2) is 5.69 Å². The van der Waals surface area contributed by atoms with Crippen molar-refractivity contribution in [3.8, 4) is 11.3 Å². The first-order valence-corrected chi connectivity index (χ1v) is 5.29. The molecule has 1 N–H and O–H groups in total. The molecule has 0 unspecified atom stereocenters. The Labute approximate surface area is 103 Å². The summed E-state index contributed by atoms with van der Waals surface area (Å²) in [7, 11) is 3.04. The highest BCUT2D eigenvalue weighted by molar-refractivity contribution is 5.93. The molecule has 96 valence electrons. The molecule has 0 aliphatic heterocycles. The molecule has 0 bridgehead atoms. The molecule has 2 aromatic heterocycles. The lowest BCUT2D eigenvalue weighted by molar-refractivity contribution is 0.0595. The monoisotopic (exact) mass is 251 g/mol. The lowest BCUT2D eigenvalue weighted by Crippen LogP contribution is -2.08. The Morgan fingerprint density at radius 3 is 2.89 bits per heavy atom. The summed E-state index contributed by atoms with van der Waals surface area (Å²) in [6.07, 6.45) is 3.33. The second-order valence-electron chi connectivity index (χ2n) is 3.63. The number of aromatic nitrogens is 5. The summed E-state index contributed by atoms with van der Waals surface area (Å²) in [5.41, 5.74) is 1.29. The van der Waals surface area contributed by atoms with E-state index >= 15 is 0 Å². The molecule has 18 heavy (non-hydrogen) atoms. The quantitative estimate of drug-likeness (QED) is 0.733. The largest absolute Gasteiger partial charge is 0.464 e. The van der Waals surface area contributed by atoms with Crippen molar-refractivity contribution >= 4 is 5.97 Å². The van der Waals surface area contributed by atoms with Gasteiger partial charge in [-0.3, -0.25) is 4.68 Å². The zero-order valence-electron chi connectivity index (χ0n) is 10.1. The van der Waals surface area contributed by atoms with E-state index in [2.05, 4.69) is 20.1 Å². The number of carbonyl (C=O) groups is 1. The number of hydrogen-bond acceptors (Lipinski definition) is 6. The number of methoxy groups -OCH3 is 1. The highest BCUT2D eigenvalue weighted by atomic mass is 16.5. The van der Waals surface area contributed by atoms with Gasteiger partial charge in [-0.25, -0.2) is 9.48 Å². The van der Waals surface area contributed by atoms with Crippen molar-refractivity contribution in [3.05, 3.63) is 18.1 Å². The number of nitrogens with zero attached hydrogens (tertiary/aromatic N) is 5. The fraction of sp³-hybridized carbons (Fsp3) is 0.400. The van der Waals surface area contributed by atoms with E-state index in [9.17, 15) is 4.79 Å². The Morgan fingerprint density at radius 1 is 1.56 bits per heavy atom. The molecular weight excluding hydrogens is 238 g/mol. The van der Waals surface area contributed by atoms with Gasteiger partial charge in [0.1, 0.15) is 5.69 Å². The number of rotatable bonds is 4. The molecule has 8 nitrogen and oxygen atoms in total. The Hall–Kier alpha value is -2.22. The van der Waals surface area contributed by atoms with E-state index in [0.29, 0.717) is 11.3 Å². The van der Waals surface area contributed by atoms with E-state index in [1.165, 1.54) is 11.8 Å². The Bertz CT molecular complexity index is 560. The minimum absolute atomic E-state index is 0.1000. The van der Waals surface area contributed by atoms with Crippen LogP contribution in [0.25, 0.3) is 11.3 Å². The molecule has 8 heteroatoms. The Kier molecular flexibility index (Phi) is 3.38. The first-order chi connectivity index (χ1) is 8.67. The molecule has 0 aliphatic rings. The number of esters is 1. The van der Waals surface area contributed by atoms with E-state index in [4.69, 9.17) is 5.11 Å². The van der Waals surface area contributed by atoms with Crippen molar-refractivity contribution in [1.29, 1.82) is 0 Å². The van der Waals surface area contributed by atoms with Crippen molar-refractivity contribution in [1.82, 2.24) is 24.8 Å². The molecule has 0 amide bonds. The van der Waals surface area contributed by atoms with Crippen LogP contribution in [0.5, 0.6) is 0 Å². The molecule has 0 aromatic carbocycles. The maximum absolute atomic E-state index is 11.6. The standard InChI is InChI=1S/C10H13N5O3/c1-14-6-7(5-11-14)9-8(10(17)18-2)12-13-15(9)3-4-16/h5-6,16H,3-4H2,1-2H3. The number of hydrogen-bond donors (Lipinski definition) is 1. The van der Waals surface area contributed by atoms with Gasteiger partial charge in [0, 0.05) is 18.8 Å². The van der Waals surface area contributed by atoms with Gasteiger partial charge in [-0.2, -0.15) is 5.10 Å². The fourth-order valence-electron chi connectivity index (χ4n) is 1.63. The van der Waals surface area contributed by atoms with Crippen LogP contribution in [0.2, 0.25) is 0 Å². The van der Waals surface area contributed by atoms with E-state index in [1.807, 2.05) is 0 Å². The highest BCUT2D eigenvalue weighted by Gasteiger charge is 2.22. The summed E-state index contributed by atoms with van der Waals surface area (Å²) in [4.78, 5) is 11.6. The first-order valence-electron chi connectivity index (χ1n) is 5.29. The smallest absolute Gasteiger partial charge is 0.360 e. The van der Waals surface area contributed by atoms with Crippen LogP contribution in [0, 0.1) is 0 Å². The summed E-state index contributed by atoms with van der Waals surface area (Å²) < 4.78 is 7.70. The Balaban J connectivity index is 2.53. The predicted molar refractivity (Wildman–Crippen MR) is 60.6 cm³/mol. The molecule has 0 aliphatic carbocycles. The van der Waals surface area contributed by atoms with Crippen molar-refractivity contribution < 1.29 is 14.6 Å². The second-order valence-corrected chi connectivity index (χ2v) is 3.63. The van der Waals surface area contributed by atoms with Gasteiger partial charge in [0.2, 0.25) is 0 Å². The van der Waals surface area contributed by atoms with Crippen molar-refractivity contribution in [2.45, 2.75) is 6.54 Å². The van der Waals surface area contributed by atoms with Crippen LogP contribution in [0.3, 0.4) is 0 Å². The van der Waals surface area contributed by atoms with E-state index < -0.39 is 5.97 Å². The lowest BCUT2D eigenvalue weighted by Gasteiger charge is -2.03. The van der Waals surface area contributed by atoms with Gasteiger partial charge in [0.25, 0.3) is 0 Å². The molecule has 2 aromatic rings. The van der Waals surface area contributed by atoms with Crippen LogP contribution in [-0.2, 0) is 18.3 Å². The molecular formula is C10H13N5O3. The maximum Gasteiger partial charge on any atom is 0.360 e. The van der Waals surface area contributed by atoms with Gasteiger partial charge in [-0.1, -0.05) is 5.21 Å². The lowest BCUT2D eigenvalue weighted by atomic mass is 10.2. The third-order valence-corrected chi connectivity index (χ3v) is 2.40. The zero-order valence-corrected chi connectivity index (χ0v) is 10.1. The highest BCUT2D eigenvalue weighted by Crippen LogP contribution is 2.22. The zero-order chi connectivity index (χ0) is 13.1. The molecule has 0 spiro atoms. The summed E-state index contributed by atoms with van der Waals surface area (Å²) in [5, 5.41) is 20.6. The minimum Gasteiger partial charge on any atom is -0.464 e. The van der Waals surface area contributed by atoms with Crippen molar-refractivity contribution in [2.75, 3.05) is 13.7 Å². The van der Waals surface area contributed by atoms with Crippen LogP contribution >= 0.6 is 0 Å². The predicted octanol–water partition coefficient (Wildman–Crippen LogP) is -0.543. The summed E-state index contributed by atoms with van der Waals surface area (Å²) in [6, 6.07) is 0. The summed E-state index contributed by atoms with van der Waals surface area (Å²) >= 11 is 0. The number of carbonyl (C=O) groups excluding carboxylic acids is 1. The van der Waals surface area contributed by atoms with E-state index in [0.717, 1.165) is 0 Å². The number of ether oxygens (including phenoxy) is 1. The fourth-order valence-corrected chi connectivity index (χ4v) is 1.63. The topological polar surface area (TPSA) is 95.1 Å². The van der Waals surface area contributed by atoms with Crippen LogP contribution in [0.15, 0.2) is 12.4 Å². The molecule has 0 fully saturated rings. The third kappa shape index (κ3) is 2.09. The maximum atomic E-state index is 11.6.